The number of nitrogens with one attached hydrogen (secondary N) is 1. The van der Waals surface area contributed by atoms with E-state index in [0.717, 1.165) is 4.47 Å². The molecule has 1 saturated heterocycles. The summed E-state index contributed by atoms with van der Waals surface area (Å²) in [6.07, 6.45) is 5.14. The van der Waals surface area contributed by atoms with Crippen LogP contribution >= 0.6 is 27.5 Å². The SMILES string of the molecule is O=C(CCN1C(=O)C2CC=CCC2C1=O)Nc1ccc(Br)cc1Cl. The summed E-state index contributed by atoms with van der Waals surface area (Å²) >= 11 is 9.36. The van der Waals surface area contributed by atoms with Crippen molar-refractivity contribution in [2.24, 2.45) is 11.8 Å². The third-order valence-electron chi connectivity index (χ3n) is 4.37. The first-order valence-corrected chi connectivity index (χ1v) is 8.89. The summed E-state index contributed by atoms with van der Waals surface area (Å²) in [5.41, 5.74) is 0.502. The molecule has 0 saturated carbocycles. The minimum Gasteiger partial charge on any atom is -0.325 e. The van der Waals surface area contributed by atoms with Crippen LogP contribution in [0, 0.1) is 11.8 Å². The molecule has 7 heteroatoms. The molecule has 1 heterocycles. The molecule has 0 aromatic heterocycles. The highest BCUT2D eigenvalue weighted by Crippen LogP contribution is 2.35. The Bertz CT molecular complexity index is 709. The number of hydrogen-bond donors (Lipinski definition) is 1. The van der Waals surface area contributed by atoms with E-state index in [1.54, 1.807) is 18.2 Å². The zero-order valence-corrected chi connectivity index (χ0v) is 15.1. The lowest BCUT2D eigenvalue weighted by molar-refractivity contribution is -0.140. The average molecular weight is 412 g/mol. The molecule has 1 aromatic carbocycles. The van der Waals surface area contributed by atoms with Crippen molar-refractivity contribution in [1.29, 1.82) is 0 Å². The van der Waals surface area contributed by atoms with Gasteiger partial charge >= 0.3 is 0 Å². The zero-order valence-electron chi connectivity index (χ0n) is 12.8. The quantitative estimate of drug-likeness (QED) is 0.610. The Morgan fingerprint density at radius 3 is 2.42 bits per heavy atom. The Morgan fingerprint density at radius 2 is 1.83 bits per heavy atom. The van der Waals surface area contributed by atoms with E-state index in [0.29, 0.717) is 23.6 Å². The Hall–Kier alpha value is -1.66. The molecule has 126 valence electrons. The van der Waals surface area contributed by atoms with Gasteiger partial charge in [-0.3, -0.25) is 19.3 Å². The molecule has 0 radical (unpaired) electrons. The molecule has 1 aliphatic heterocycles. The van der Waals surface area contributed by atoms with Crippen LogP contribution in [0.25, 0.3) is 0 Å². The van der Waals surface area contributed by atoms with Crippen molar-refractivity contribution >= 4 is 50.9 Å². The van der Waals surface area contributed by atoms with Gasteiger partial charge in [-0.2, -0.15) is 0 Å². The number of halogens is 2. The van der Waals surface area contributed by atoms with Crippen molar-refractivity contribution in [3.8, 4) is 0 Å². The lowest BCUT2D eigenvalue weighted by Crippen LogP contribution is -2.34. The fraction of sp³-hybridized carbons (Fsp3) is 0.353. The molecule has 2 atom stereocenters. The number of imide groups is 1. The third kappa shape index (κ3) is 3.39. The van der Waals surface area contributed by atoms with Crippen LogP contribution < -0.4 is 5.32 Å². The van der Waals surface area contributed by atoms with Crippen molar-refractivity contribution in [1.82, 2.24) is 4.90 Å². The minimum absolute atomic E-state index is 0.0523. The van der Waals surface area contributed by atoms with Gasteiger partial charge in [-0.15, -0.1) is 0 Å². The second-order valence-electron chi connectivity index (χ2n) is 5.91. The number of anilines is 1. The largest absolute Gasteiger partial charge is 0.325 e. The molecular formula is C17H16BrClN2O3. The smallest absolute Gasteiger partial charge is 0.233 e. The molecule has 0 spiro atoms. The molecule has 5 nitrogen and oxygen atoms in total. The van der Waals surface area contributed by atoms with Gasteiger partial charge in [0.25, 0.3) is 0 Å². The first kappa shape index (κ1) is 17.2. The number of benzene rings is 1. The molecule has 3 amide bonds. The summed E-state index contributed by atoms with van der Waals surface area (Å²) in [5, 5.41) is 3.12. The van der Waals surface area contributed by atoms with Crippen molar-refractivity contribution in [2.75, 3.05) is 11.9 Å². The summed E-state index contributed by atoms with van der Waals surface area (Å²) in [5.74, 6) is -1.13. The number of allylic oxidation sites excluding steroid dienone is 2. The number of carbonyl (C=O) groups is 3. The van der Waals surface area contributed by atoms with Gasteiger partial charge in [-0.1, -0.05) is 39.7 Å². The van der Waals surface area contributed by atoms with E-state index in [1.807, 2.05) is 12.2 Å². The molecule has 1 aliphatic carbocycles. The summed E-state index contributed by atoms with van der Waals surface area (Å²) in [6.45, 7) is 0.102. The predicted octanol–water partition coefficient (Wildman–Crippen LogP) is 3.38. The van der Waals surface area contributed by atoms with Gasteiger partial charge < -0.3 is 5.32 Å². The fourth-order valence-electron chi connectivity index (χ4n) is 3.11. The third-order valence-corrected chi connectivity index (χ3v) is 5.17. The maximum Gasteiger partial charge on any atom is 0.233 e. The van der Waals surface area contributed by atoms with Crippen LogP contribution in [0.15, 0.2) is 34.8 Å². The number of fused-ring (bicyclic) bond motifs is 1. The Balaban J connectivity index is 1.58. The summed E-state index contributed by atoms with van der Waals surface area (Å²) in [6, 6.07) is 5.14. The molecule has 24 heavy (non-hydrogen) atoms. The zero-order chi connectivity index (χ0) is 17.3. The molecule has 1 N–H and O–H groups in total. The van der Waals surface area contributed by atoms with Gasteiger partial charge in [0.1, 0.15) is 0 Å². The monoisotopic (exact) mass is 410 g/mol. The number of hydrogen-bond acceptors (Lipinski definition) is 3. The summed E-state index contributed by atoms with van der Waals surface area (Å²) < 4.78 is 0.815. The standard InChI is InChI=1S/C17H16BrClN2O3/c18-10-5-6-14(13(19)9-10)20-15(22)7-8-21-16(23)11-3-1-2-4-12(11)17(21)24/h1-2,5-6,9,11-12H,3-4,7-8H2,(H,20,22). The van der Waals surface area contributed by atoms with Crippen LogP contribution in [-0.4, -0.2) is 29.2 Å². The van der Waals surface area contributed by atoms with Crippen molar-refractivity contribution in [3.05, 3.63) is 39.8 Å². The normalized spacial score (nSPS) is 22.7. The van der Waals surface area contributed by atoms with Crippen LogP contribution in [0.1, 0.15) is 19.3 Å². The van der Waals surface area contributed by atoms with Gasteiger partial charge in [0.2, 0.25) is 17.7 Å². The van der Waals surface area contributed by atoms with E-state index in [4.69, 9.17) is 11.6 Å². The highest BCUT2D eigenvalue weighted by molar-refractivity contribution is 9.10. The average Bonchev–Trinajstić information content (AvgIpc) is 2.80. The van der Waals surface area contributed by atoms with Gasteiger partial charge in [0, 0.05) is 17.4 Å². The topological polar surface area (TPSA) is 66.5 Å². The summed E-state index contributed by atoms with van der Waals surface area (Å²) in [4.78, 5) is 38.0. The molecule has 2 aliphatic rings. The van der Waals surface area contributed by atoms with E-state index in [-0.39, 0.29) is 42.5 Å². The van der Waals surface area contributed by atoms with Crippen molar-refractivity contribution < 1.29 is 14.4 Å². The van der Waals surface area contributed by atoms with Crippen molar-refractivity contribution in [3.63, 3.8) is 0 Å². The number of amides is 3. The Labute approximate surface area is 153 Å². The molecule has 3 rings (SSSR count). The van der Waals surface area contributed by atoms with Crippen LogP contribution in [-0.2, 0) is 14.4 Å². The number of nitrogens with zero attached hydrogens (tertiary/aromatic N) is 1. The molecule has 1 aromatic rings. The first-order chi connectivity index (χ1) is 11.5. The molecule has 2 unspecified atom stereocenters. The molecule has 1 fully saturated rings. The van der Waals surface area contributed by atoms with Gasteiger partial charge in [0.05, 0.1) is 22.5 Å². The van der Waals surface area contributed by atoms with E-state index in [1.165, 1.54) is 4.90 Å². The van der Waals surface area contributed by atoms with Crippen LogP contribution in [0.2, 0.25) is 5.02 Å². The Kier molecular flexibility index (Phi) is 5.06. The predicted molar refractivity (Wildman–Crippen MR) is 94.5 cm³/mol. The second-order valence-corrected chi connectivity index (χ2v) is 7.23. The lowest BCUT2D eigenvalue weighted by Gasteiger charge is -2.14. The maximum atomic E-state index is 12.3. The van der Waals surface area contributed by atoms with Crippen LogP contribution in [0.4, 0.5) is 5.69 Å². The molecular weight excluding hydrogens is 396 g/mol. The highest BCUT2D eigenvalue weighted by Gasteiger charge is 2.46. The van der Waals surface area contributed by atoms with Gasteiger partial charge in [-0.25, -0.2) is 0 Å². The fourth-order valence-corrected chi connectivity index (χ4v) is 3.83. The Morgan fingerprint density at radius 1 is 1.21 bits per heavy atom. The lowest BCUT2D eigenvalue weighted by atomic mass is 9.85. The van der Waals surface area contributed by atoms with Gasteiger partial charge in [-0.05, 0) is 31.0 Å². The molecule has 0 bridgehead atoms. The number of carbonyl (C=O) groups excluding carboxylic acids is 3. The second kappa shape index (κ2) is 7.07. The van der Waals surface area contributed by atoms with Crippen molar-refractivity contribution in [2.45, 2.75) is 19.3 Å². The minimum atomic E-state index is -0.284. The highest BCUT2D eigenvalue weighted by atomic mass is 79.9. The number of rotatable bonds is 4. The summed E-state index contributed by atoms with van der Waals surface area (Å²) in [7, 11) is 0. The maximum absolute atomic E-state index is 12.3. The van der Waals surface area contributed by atoms with E-state index < -0.39 is 0 Å². The van der Waals surface area contributed by atoms with E-state index in [9.17, 15) is 14.4 Å². The van der Waals surface area contributed by atoms with Gasteiger partial charge in [0.15, 0.2) is 0 Å². The number of likely N-dealkylation sites (tertiary alicyclic amines) is 1. The van der Waals surface area contributed by atoms with E-state index >= 15 is 0 Å². The van der Waals surface area contributed by atoms with Crippen LogP contribution in [0.3, 0.4) is 0 Å². The van der Waals surface area contributed by atoms with E-state index in [2.05, 4.69) is 21.2 Å². The van der Waals surface area contributed by atoms with Crippen LogP contribution in [0.5, 0.6) is 0 Å². The first-order valence-electron chi connectivity index (χ1n) is 7.72.